The summed E-state index contributed by atoms with van der Waals surface area (Å²) in [6.07, 6.45) is 6.99. The van der Waals surface area contributed by atoms with Gasteiger partial charge in [0.05, 0.1) is 11.5 Å². The Bertz CT molecular complexity index is 685. The van der Waals surface area contributed by atoms with Crippen LogP contribution in [0, 0.1) is 11.3 Å². The molecular weight excluding hydrogens is 236 g/mol. The molecule has 0 atom stereocenters. The molecule has 19 heavy (non-hydrogen) atoms. The molecule has 1 aromatic heterocycles. The van der Waals surface area contributed by atoms with Gasteiger partial charge in [-0.25, -0.2) is 0 Å². The van der Waals surface area contributed by atoms with Crippen LogP contribution in [-0.2, 0) is 12.5 Å². The zero-order chi connectivity index (χ0) is 13.5. The van der Waals surface area contributed by atoms with Crippen LogP contribution in [-0.4, -0.2) is 10.9 Å². The quantitative estimate of drug-likeness (QED) is 0.770. The molecule has 0 radical (unpaired) electrons. The van der Waals surface area contributed by atoms with E-state index in [-0.39, 0.29) is 5.41 Å². The van der Waals surface area contributed by atoms with Crippen molar-refractivity contribution < 1.29 is 4.79 Å². The summed E-state index contributed by atoms with van der Waals surface area (Å²) in [7, 11) is 1.99. The third-order valence-corrected chi connectivity index (χ3v) is 4.34. The van der Waals surface area contributed by atoms with Crippen LogP contribution in [0.25, 0.3) is 10.9 Å². The van der Waals surface area contributed by atoms with Gasteiger partial charge in [-0.15, -0.1) is 0 Å². The van der Waals surface area contributed by atoms with Crippen molar-refractivity contribution in [1.82, 2.24) is 4.57 Å². The molecule has 0 bridgehead atoms. The second kappa shape index (κ2) is 4.24. The lowest BCUT2D eigenvalue weighted by Gasteiger charge is -2.19. The predicted molar refractivity (Wildman–Crippen MR) is 74.1 cm³/mol. The van der Waals surface area contributed by atoms with E-state index < -0.39 is 0 Å². The number of rotatable bonds is 2. The van der Waals surface area contributed by atoms with Gasteiger partial charge in [0, 0.05) is 29.7 Å². The third kappa shape index (κ3) is 1.67. The molecule has 1 fully saturated rings. The van der Waals surface area contributed by atoms with Crippen molar-refractivity contribution in [2.24, 2.45) is 7.05 Å². The Morgan fingerprint density at radius 2 is 2.11 bits per heavy atom. The maximum atomic E-state index is 11.0. The van der Waals surface area contributed by atoms with Gasteiger partial charge in [0.25, 0.3) is 0 Å². The topological polar surface area (TPSA) is 45.8 Å². The Morgan fingerprint density at radius 3 is 2.74 bits per heavy atom. The Kier molecular flexibility index (Phi) is 2.67. The molecule has 0 spiro atoms. The largest absolute Gasteiger partial charge is 0.350 e. The van der Waals surface area contributed by atoms with E-state index >= 15 is 0 Å². The number of hydrogen-bond donors (Lipinski definition) is 0. The van der Waals surface area contributed by atoms with Crippen molar-refractivity contribution >= 4 is 17.2 Å². The van der Waals surface area contributed by atoms with Gasteiger partial charge in [-0.05, 0) is 36.6 Å². The molecule has 1 aromatic carbocycles. The summed E-state index contributed by atoms with van der Waals surface area (Å²) >= 11 is 0. The Labute approximate surface area is 112 Å². The number of aldehydes is 1. The average molecular weight is 252 g/mol. The van der Waals surface area contributed by atoms with Crippen LogP contribution in [0.3, 0.4) is 0 Å². The lowest BCUT2D eigenvalue weighted by molar-refractivity contribution is 0.112. The lowest BCUT2D eigenvalue weighted by Crippen LogP contribution is -2.18. The van der Waals surface area contributed by atoms with Crippen LogP contribution in [0.4, 0.5) is 0 Å². The first-order chi connectivity index (χ1) is 9.20. The van der Waals surface area contributed by atoms with Crippen molar-refractivity contribution in [2.75, 3.05) is 0 Å². The maximum absolute atomic E-state index is 11.0. The number of benzene rings is 1. The minimum Gasteiger partial charge on any atom is -0.350 e. The van der Waals surface area contributed by atoms with E-state index in [2.05, 4.69) is 16.8 Å². The maximum Gasteiger partial charge on any atom is 0.150 e. The minimum absolute atomic E-state index is 0.360. The number of hydrogen-bond acceptors (Lipinski definition) is 2. The highest BCUT2D eigenvalue weighted by Gasteiger charge is 2.38. The van der Waals surface area contributed by atoms with Gasteiger partial charge in [0.2, 0.25) is 0 Å². The molecule has 0 aliphatic heterocycles. The highest BCUT2D eigenvalue weighted by molar-refractivity contribution is 5.91. The molecule has 1 heterocycles. The summed E-state index contributed by atoms with van der Waals surface area (Å²) in [5.74, 6) is 0. The summed E-state index contributed by atoms with van der Waals surface area (Å²) in [5.41, 5.74) is 2.49. The molecule has 96 valence electrons. The standard InChI is InChI=1S/C16H16N2O/c1-18-9-14(16(11-17)6-2-3-7-16)13-8-12(10-19)4-5-15(13)18/h4-5,8-10H,2-3,6-7H2,1H3. The van der Waals surface area contributed by atoms with Gasteiger partial charge in [-0.2, -0.15) is 5.26 Å². The fourth-order valence-electron chi connectivity index (χ4n) is 3.28. The normalized spacial score (nSPS) is 17.5. The van der Waals surface area contributed by atoms with E-state index in [4.69, 9.17) is 0 Å². The molecule has 1 saturated carbocycles. The van der Waals surface area contributed by atoms with Gasteiger partial charge < -0.3 is 4.57 Å². The second-order valence-corrected chi connectivity index (χ2v) is 5.45. The second-order valence-electron chi connectivity index (χ2n) is 5.45. The van der Waals surface area contributed by atoms with E-state index in [0.717, 1.165) is 48.4 Å². The molecule has 0 amide bonds. The summed E-state index contributed by atoms with van der Waals surface area (Å²) < 4.78 is 2.05. The fourth-order valence-corrected chi connectivity index (χ4v) is 3.28. The average Bonchev–Trinajstić information content (AvgIpc) is 3.04. The molecule has 3 heteroatoms. The molecule has 0 N–H and O–H groups in total. The first-order valence-electron chi connectivity index (χ1n) is 6.66. The van der Waals surface area contributed by atoms with Gasteiger partial charge in [0.1, 0.15) is 6.29 Å². The van der Waals surface area contributed by atoms with E-state index in [0.29, 0.717) is 5.56 Å². The fraction of sp³-hybridized carbons (Fsp3) is 0.375. The van der Waals surface area contributed by atoms with Crippen molar-refractivity contribution in [3.63, 3.8) is 0 Å². The third-order valence-electron chi connectivity index (χ3n) is 4.34. The number of aromatic nitrogens is 1. The number of nitriles is 1. The highest BCUT2D eigenvalue weighted by atomic mass is 16.1. The molecule has 0 saturated heterocycles. The van der Waals surface area contributed by atoms with Crippen LogP contribution >= 0.6 is 0 Å². The van der Waals surface area contributed by atoms with Gasteiger partial charge in [0.15, 0.2) is 0 Å². The lowest BCUT2D eigenvalue weighted by atomic mass is 9.80. The van der Waals surface area contributed by atoms with Crippen LogP contribution < -0.4 is 0 Å². The number of fused-ring (bicyclic) bond motifs is 1. The molecule has 1 aliphatic rings. The number of carbonyl (C=O) groups excluding carboxylic acids is 1. The van der Waals surface area contributed by atoms with Crippen molar-refractivity contribution in [3.8, 4) is 6.07 Å². The number of aryl methyl sites for hydroxylation is 1. The Hall–Kier alpha value is -2.08. The SMILES string of the molecule is Cn1cc(C2(C#N)CCCC2)c2cc(C=O)ccc21. The molecule has 1 aliphatic carbocycles. The molecule has 3 rings (SSSR count). The number of nitrogens with zero attached hydrogens (tertiary/aromatic N) is 2. The van der Waals surface area contributed by atoms with Crippen molar-refractivity contribution in [1.29, 1.82) is 5.26 Å². The summed E-state index contributed by atoms with van der Waals surface area (Å²) in [6, 6.07) is 8.23. The van der Waals surface area contributed by atoms with Crippen LogP contribution in [0.5, 0.6) is 0 Å². The van der Waals surface area contributed by atoms with Crippen molar-refractivity contribution in [2.45, 2.75) is 31.1 Å². The van der Waals surface area contributed by atoms with Gasteiger partial charge in [-0.3, -0.25) is 4.79 Å². The molecule has 0 unspecified atom stereocenters. The first-order valence-corrected chi connectivity index (χ1v) is 6.66. The zero-order valence-electron chi connectivity index (χ0n) is 11.0. The minimum atomic E-state index is -0.360. The smallest absolute Gasteiger partial charge is 0.150 e. The molecular formula is C16H16N2O. The molecule has 2 aromatic rings. The van der Waals surface area contributed by atoms with E-state index in [1.807, 2.05) is 25.2 Å². The summed E-state index contributed by atoms with van der Waals surface area (Å²) in [5, 5.41) is 10.7. The Morgan fingerprint density at radius 1 is 1.37 bits per heavy atom. The van der Waals surface area contributed by atoms with Gasteiger partial charge in [-0.1, -0.05) is 12.8 Å². The van der Waals surface area contributed by atoms with E-state index in [1.54, 1.807) is 0 Å². The highest BCUT2D eigenvalue weighted by Crippen LogP contribution is 2.43. The monoisotopic (exact) mass is 252 g/mol. The number of carbonyl (C=O) groups is 1. The van der Waals surface area contributed by atoms with Crippen LogP contribution in [0.2, 0.25) is 0 Å². The van der Waals surface area contributed by atoms with Crippen LogP contribution in [0.15, 0.2) is 24.4 Å². The zero-order valence-corrected chi connectivity index (χ0v) is 11.0. The Balaban J connectivity index is 2.29. The van der Waals surface area contributed by atoms with Crippen molar-refractivity contribution in [3.05, 3.63) is 35.5 Å². The molecule has 3 nitrogen and oxygen atoms in total. The van der Waals surface area contributed by atoms with E-state index in [1.165, 1.54) is 0 Å². The summed E-state index contributed by atoms with van der Waals surface area (Å²) in [4.78, 5) is 11.0. The predicted octanol–water partition coefficient (Wildman–Crippen LogP) is 3.33. The van der Waals surface area contributed by atoms with Crippen LogP contribution in [0.1, 0.15) is 41.6 Å². The van der Waals surface area contributed by atoms with E-state index in [9.17, 15) is 10.1 Å². The summed E-state index contributed by atoms with van der Waals surface area (Å²) in [6.45, 7) is 0. The first kappa shape index (κ1) is 12.0. The van der Waals surface area contributed by atoms with Gasteiger partial charge >= 0.3 is 0 Å².